The molecule has 11 heteroatoms. The Morgan fingerprint density at radius 2 is 2.06 bits per heavy atom. The molecule has 2 heterocycles. The maximum atomic E-state index is 12.6. The van der Waals surface area contributed by atoms with Crippen molar-refractivity contribution < 1.29 is 14.3 Å². The van der Waals surface area contributed by atoms with Crippen molar-refractivity contribution in [2.45, 2.75) is 32.5 Å². The summed E-state index contributed by atoms with van der Waals surface area (Å²) in [5.41, 5.74) is 2.64. The fraction of sp³-hybridized carbons (Fsp3) is 0.348. The minimum Gasteiger partial charge on any atom is -0.455 e. The van der Waals surface area contributed by atoms with Crippen LogP contribution in [0.2, 0.25) is 5.02 Å². The number of hydrogen-bond donors (Lipinski definition) is 2. The van der Waals surface area contributed by atoms with Crippen molar-refractivity contribution in [2.75, 3.05) is 20.6 Å². The summed E-state index contributed by atoms with van der Waals surface area (Å²) in [5, 5.41) is 23.6. The molecule has 178 valence electrons. The lowest BCUT2D eigenvalue weighted by Gasteiger charge is -2.14. The second kappa shape index (κ2) is 11.0. The van der Waals surface area contributed by atoms with Crippen LogP contribution >= 0.6 is 11.6 Å². The first-order valence-corrected chi connectivity index (χ1v) is 11.0. The molecule has 0 saturated heterocycles. The van der Waals surface area contributed by atoms with Gasteiger partial charge in [0.15, 0.2) is 0 Å². The van der Waals surface area contributed by atoms with Crippen molar-refractivity contribution in [3.63, 3.8) is 0 Å². The van der Waals surface area contributed by atoms with Crippen LogP contribution < -0.4 is 5.32 Å². The number of H-pyrrole nitrogens is 1. The number of likely N-dealkylation sites (N-methyl/N-ethyl adjacent to an activating group) is 1. The maximum Gasteiger partial charge on any atom is 0.320 e. The molecule has 3 aromatic rings. The van der Waals surface area contributed by atoms with Gasteiger partial charge in [0.1, 0.15) is 23.6 Å². The van der Waals surface area contributed by atoms with Crippen molar-refractivity contribution in [2.24, 2.45) is 0 Å². The molecule has 1 aromatic carbocycles. The summed E-state index contributed by atoms with van der Waals surface area (Å²) < 4.78 is 7.05. The van der Waals surface area contributed by atoms with Crippen molar-refractivity contribution in [1.29, 1.82) is 5.26 Å². The van der Waals surface area contributed by atoms with E-state index >= 15 is 0 Å². The van der Waals surface area contributed by atoms with Crippen LogP contribution in [0.5, 0.6) is 0 Å². The molecule has 0 spiro atoms. The predicted molar refractivity (Wildman–Crippen MR) is 126 cm³/mol. The van der Waals surface area contributed by atoms with E-state index in [1.807, 2.05) is 25.3 Å². The average Bonchev–Trinajstić information content (AvgIpc) is 3.43. The fourth-order valence-corrected chi connectivity index (χ4v) is 3.45. The highest BCUT2D eigenvalue weighted by molar-refractivity contribution is 6.32. The lowest BCUT2D eigenvalue weighted by Crippen LogP contribution is -2.36. The monoisotopic (exact) mass is 483 g/mol. The Morgan fingerprint density at radius 3 is 2.74 bits per heavy atom. The quantitative estimate of drug-likeness (QED) is 0.447. The molecule has 34 heavy (non-hydrogen) atoms. The minimum absolute atomic E-state index is 0.160. The summed E-state index contributed by atoms with van der Waals surface area (Å²) in [7, 11) is 3.55. The summed E-state index contributed by atoms with van der Waals surface area (Å²) >= 11 is 6.11. The number of nitrogens with zero attached hydrogens (tertiary/aromatic N) is 5. The lowest BCUT2D eigenvalue weighted by atomic mass is 10.1. The van der Waals surface area contributed by atoms with Gasteiger partial charge in [-0.1, -0.05) is 17.7 Å². The zero-order chi connectivity index (χ0) is 24.8. The fourth-order valence-electron chi connectivity index (χ4n) is 3.23. The van der Waals surface area contributed by atoms with Crippen molar-refractivity contribution in [1.82, 2.24) is 30.2 Å². The number of nitriles is 1. The number of halogens is 1. The van der Waals surface area contributed by atoms with E-state index in [4.69, 9.17) is 21.6 Å². The first kappa shape index (κ1) is 25.0. The molecule has 1 unspecified atom stereocenters. The Kier molecular flexibility index (Phi) is 8.04. The Balaban J connectivity index is 1.56. The van der Waals surface area contributed by atoms with E-state index in [-0.39, 0.29) is 30.2 Å². The van der Waals surface area contributed by atoms with Gasteiger partial charge in [-0.2, -0.15) is 15.5 Å². The Labute approximate surface area is 202 Å². The third-order valence-corrected chi connectivity index (χ3v) is 5.19. The molecule has 0 saturated carbocycles. The van der Waals surface area contributed by atoms with Crippen LogP contribution in [-0.4, -0.2) is 63.4 Å². The van der Waals surface area contributed by atoms with E-state index in [1.54, 1.807) is 54.9 Å². The highest BCUT2D eigenvalue weighted by Gasteiger charge is 2.19. The van der Waals surface area contributed by atoms with E-state index in [1.165, 1.54) is 0 Å². The van der Waals surface area contributed by atoms with E-state index < -0.39 is 6.10 Å². The number of aromatic amines is 1. The van der Waals surface area contributed by atoms with Crippen molar-refractivity contribution in [3.05, 3.63) is 58.5 Å². The third-order valence-electron chi connectivity index (χ3n) is 4.88. The average molecular weight is 484 g/mol. The summed E-state index contributed by atoms with van der Waals surface area (Å²) in [6.45, 7) is 4.16. The number of aromatic nitrogens is 4. The Hall–Kier alpha value is -3.68. The van der Waals surface area contributed by atoms with E-state index in [2.05, 4.69) is 20.6 Å². The highest BCUT2D eigenvalue weighted by atomic mass is 35.5. The maximum absolute atomic E-state index is 12.6. The number of carbonyl (C=O) groups excluding carboxylic acids is 2. The Bertz CT molecular complexity index is 1210. The molecular weight excluding hydrogens is 458 g/mol. The first-order chi connectivity index (χ1) is 16.2. The van der Waals surface area contributed by atoms with E-state index in [9.17, 15) is 9.59 Å². The summed E-state index contributed by atoms with van der Waals surface area (Å²) in [6.07, 6.45) is 1.23. The van der Waals surface area contributed by atoms with Gasteiger partial charge in [0.2, 0.25) is 0 Å². The van der Waals surface area contributed by atoms with E-state index in [0.29, 0.717) is 28.5 Å². The van der Waals surface area contributed by atoms with Gasteiger partial charge in [-0.3, -0.25) is 24.3 Å². The van der Waals surface area contributed by atoms with Crippen LogP contribution in [0.25, 0.3) is 11.3 Å². The van der Waals surface area contributed by atoms with Crippen molar-refractivity contribution >= 4 is 23.5 Å². The number of hydrogen-bond acceptors (Lipinski definition) is 7. The van der Waals surface area contributed by atoms with Gasteiger partial charge in [-0.25, -0.2) is 0 Å². The highest BCUT2D eigenvalue weighted by Crippen LogP contribution is 2.24. The van der Waals surface area contributed by atoms with Gasteiger partial charge in [-0.15, -0.1) is 0 Å². The van der Waals surface area contributed by atoms with Crippen LogP contribution in [0.1, 0.15) is 41.7 Å². The number of esters is 1. The van der Waals surface area contributed by atoms with Crippen LogP contribution in [0.3, 0.4) is 0 Å². The molecule has 2 N–H and O–H groups in total. The second-order valence-corrected chi connectivity index (χ2v) is 8.59. The molecule has 3 rings (SSSR count). The standard InChI is InChI=1S/C23H26ClN7O3/c1-14(12-31-8-7-19(29-31)16-5-6-17(11-25)18(24)9-16)26-23(33)21-10-20(27-28-21)15(2)34-22(32)13-30(3)4/h5-10,14-15H,12-13H2,1-4H3,(H,26,33)(H,27,28)/t14-,15?/m0/s1. The Morgan fingerprint density at radius 1 is 1.29 bits per heavy atom. The number of ether oxygens (including phenoxy) is 1. The summed E-state index contributed by atoms with van der Waals surface area (Å²) in [5.74, 6) is -0.702. The second-order valence-electron chi connectivity index (χ2n) is 8.18. The number of nitrogens with one attached hydrogen (secondary N) is 2. The topological polar surface area (TPSA) is 129 Å². The molecular formula is C23H26ClN7O3. The van der Waals surface area contributed by atoms with E-state index in [0.717, 1.165) is 5.56 Å². The molecule has 0 bridgehead atoms. The SMILES string of the molecule is CC(OC(=O)CN(C)C)c1cc(C(=O)N[C@@H](C)Cn2ccc(-c3ccc(C#N)c(Cl)c3)n2)[nH]n1. The van der Waals surface area contributed by atoms with Gasteiger partial charge in [0.05, 0.1) is 29.4 Å². The molecule has 2 aromatic heterocycles. The van der Waals surface area contributed by atoms with Gasteiger partial charge in [0.25, 0.3) is 5.91 Å². The molecule has 0 radical (unpaired) electrons. The number of carbonyl (C=O) groups is 2. The first-order valence-electron chi connectivity index (χ1n) is 10.6. The zero-order valence-corrected chi connectivity index (χ0v) is 20.1. The molecule has 0 aliphatic rings. The molecule has 0 fully saturated rings. The lowest BCUT2D eigenvalue weighted by molar-refractivity contribution is -0.149. The number of rotatable bonds is 9. The van der Waals surface area contributed by atoms with Crippen LogP contribution in [0.15, 0.2) is 36.5 Å². The largest absolute Gasteiger partial charge is 0.455 e. The third kappa shape index (κ3) is 6.43. The normalized spacial score (nSPS) is 12.7. The van der Waals surface area contributed by atoms with Crippen LogP contribution in [0, 0.1) is 11.3 Å². The van der Waals surface area contributed by atoms with Gasteiger partial charge < -0.3 is 10.1 Å². The van der Waals surface area contributed by atoms with Gasteiger partial charge in [-0.05, 0) is 52.2 Å². The van der Waals surface area contributed by atoms with Crippen LogP contribution in [-0.2, 0) is 16.1 Å². The molecule has 0 aliphatic carbocycles. The zero-order valence-electron chi connectivity index (χ0n) is 19.4. The minimum atomic E-state index is -0.583. The van der Waals surface area contributed by atoms with Crippen LogP contribution in [0.4, 0.5) is 0 Å². The molecule has 0 aliphatic heterocycles. The molecule has 2 atom stereocenters. The number of benzene rings is 1. The van der Waals surface area contributed by atoms with Crippen molar-refractivity contribution in [3.8, 4) is 17.3 Å². The summed E-state index contributed by atoms with van der Waals surface area (Å²) in [6, 6.07) is 10.4. The summed E-state index contributed by atoms with van der Waals surface area (Å²) in [4.78, 5) is 26.1. The molecule has 10 nitrogen and oxygen atoms in total. The predicted octanol–water partition coefficient (Wildman–Crippen LogP) is 2.78. The van der Waals surface area contributed by atoms with Gasteiger partial charge in [0, 0.05) is 17.8 Å². The molecule has 1 amide bonds. The number of amides is 1. The smallest absolute Gasteiger partial charge is 0.320 e. The van der Waals surface area contributed by atoms with Gasteiger partial charge >= 0.3 is 5.97 Å².